The maximum absolute atomic E-state index is 14.6. The van der Waals surface area contributed by atoms with Gasteiger partial charge in [0.25, 0.3) is 0 Å². The van der Waals surface area contributed by atoms with E-state index in [-0.39, 0.29) is 17.7 Å². The van der Waals surface area contributed by atoms with Gasteiger partial charge in [0.15, 0.2) is 0 Å². The molecule has 2 N–H and O–H groups in total. The predicted molar refractivity (Wildman–Crippen MR) is 94.8 cm³/mol. The summed E-state index contributed by atoms with van der Waals surface area (Å²) in [5.74, 6) is -1.70. The monoisotopic (exact) mass is 437 g/mol. The average molecular weight is 437 g/mol. The quantitative estimate of drug-likeness (QED) is 0.476. The average Bonchev–Trinajstić information content (AvgIpc) is 2.61. The highest BCUT2D eigenvalue weighted by Gasteiger charge is 2.41. The molecule has 30 heavy (non-hydrogen) atoms. The Hall–Kier alpha value is -2.62. The van der Waals surface area contributed by atoms with Gasteiger partial charge in [-0.25, -0.2) is 4.39 Å². The molecule has 0 spiro atoms. The van der Waals surface area contributed by atoms with Crippen LogP contribution in [-0.4, -0.2) is 12.6 Å². The Morgan fingerprint density at radius 1 is 1.07 bits per heavy atom. The lowest BCUT2D eigenvalue weighted by molar-refractivity contribution is -0.144. The van der Waals surface area contributed by atoms with E-state index in [1.807, 2.05) is 0 Å². The molecule has 0 radical (unpaired) electrons. The van der Waals surface area contributed by atoms with E-state index >= 15 is 0 Å². The van der Waals surface area contributed by atoms with Crippen LogP contribution in [0, 0.1) is 12.7 Å². The second-order valence-electron chi connectivity index (χ2n) is 6.54. The van der Waals surface area contributed by atoms with Crippen LogP contribution in [0.2, 0.25) is 0 Å². The number of nitrogens with two attached hydrogens (primary N) is 1. The maximum atomic E-state index is 14.6. The summed E-state index contributed by atoms with van der Waals surface area (Å²) in [4.78, 5) is 11.6. The van der Waals surface area contributed by atoms with Crippen molar-refractivity contribution in [2.24, 2.45) is 5.73 Å². The summed E-state index contributed by atoms with van der Waals surface area (Å²) in [6.45, 7) is 2.74. The highest BCUT2D eigenvalue weighted by molar-refractivity contribution is 5.75. The van der Waals surface area contributed by atoms with Crippen molar-refractivity contribution in [2.45, 2.75) is 38.7 Å². The van der Waals surface area contributed by atoms with Crippen LogP contribution in [0.15, 0.2) is 30.3 Å². The van der Waals surface area contributed by atoms with Crippen molar-refractivity contribution in [3.05, 3.63) is 58.4 Å². The zero-order valence-electron chi connectivity index (χ0n) is 15.9. The topological polar surface area (TPSA) is 52.3 Å². The molecule has 164 valence electrons. The molecular weight excluding hydrogens is 419 g/mol. The lowest BCUT2D eigenvalue weighted by Gasteiger charge is -2.21. The summed E-state index contributed by atoms with van der Waals surface area (Å²) in [5, 5.41) is 0. The number of esters is 1. The van der Waals surface area contributed by atoms with Crippen molar-refractivity contribution in [1.82, 2.24) is 0 Å². The molecule has 3 nitrogen and oxygen atoms in total. The van der Waals surface area contributed by atoms with Crippen LogP contribution in [0.4, 0.5) is 30.7 Å². The number of aryl methyl sites for hydroxylation is 1. The lowest BCUT2D eigenvalue weighted by atomic mass is 9.89. The number of carbonyl (C=O) groups excluding carboxylic acids is 1. The van der Waals surface area contributed by atoms with Gasteiger partial charge in [-0.1, -0.05) is 6.07 Å². The van der Waals surface area contributed by atoms with Crippen molar-refractivity contribution >= 4 is 5.97 Å². The van der Waals surface area contributed by atoms with Gasteiger partial charge in [-0.05, 0) is 49.2 Å². The molecule has 0 saturated heterocycles. The summed E-state index contributed by atoms with van der Waals surface area (Å²) in [7, 11) is 0. The second kappa shape index (κ2) is 8.63. The van der Waals surface area contributed by atoms with Crippen LogP contribution < -0.4 is 5.73 Å². The van der Waals surface area contributed by atoms with E-state index in [1.54, 1.807) is 0 Å². The Labute approximate surface area is 167 Å². The minimum Gasteiger partial charge on any atom is -0.466 e. The molecule has 0 heterocycles. The number of hydrogen-bond donors (Lipinski definition) is 1. The van der Waals surface area contributed by atoms with E-state index in [4.69, 9.17) is 10.5 Å². The van der Waals surface area contributed by atoms with Crippen LogP contribution >= 0.6 is 0 Å². The Kier molecular flexibility index (Phi) is 6.80. The number of rotatable bonds is 5. The smallest absolute Gasteiger partial charge is 0.417 e. The molecule has 2 rings (SSSR count). The van der Waals surface area contributed by atoms with E-state index in [9.17, 15) is 35.5 Å². The van der Waals surface area contributed by atoms with E-state index in [0.29, 0.717) is 18.2 Å². The molecular formula is C20H18F7NO2. The zero-order chi connectivity index (χ0) is 22.9. The van der Waals surface area contributed by atoms with Crippen molar-refractivity contribution in [2.75, 3.05) is 6.61 Å². The summed E-state index contributed by atoms with van der Waals surface area (Å²) in [5.41, 5.74) is 0.518. The third-order valence-electron chi connectivity index (χ3n) is 4.34. The minimum atomic E-state index is -5.09. The van der Waals surface area contributed by atoms with Crippen molar-refractivity contribution in [3.8, 4) is 11.1 Å². The fraction of sp³-hybridized carbons (Fsp3) is 0.350. The first-order valence-corrected chi connectivity index (χ1v) is 8.76. The summed E-state index contributed by atoms with van der Waals surface area (Å²) >= 11 is 0. The van der Waals surface area contributed by atoms with E-state index in [1.165, 1.54) is 13.8 Å². The molecule has 2 aromatic rings. The number of ether oxygens (including phenoxy) is 1. The minimum absolute atomic E-state index is 0.0288. The summed E-state index contributed by atoms with van der Waals surface area (Å²) < 4.78 is 100. The van der Waals surface area contributed by atoms with Gasteiger partial charge in [0.05, 0.1) is 24.2 Å². The molecule has 0 aromatic heterocycles. The van der Waals surface area contributed by atoms with Gasteiger partial charge in [0.1, 0.15) is 5.82 Å². The number of halogens is 7. The first-order valence-electron chi connectivity index (χ1n) is 8.76. The number of benzene rings is 2. The summed E-state index contributed by atoms with van der Waals surface area (Å²) in [6, 6.07) is 2.05. The normalized spacial score (nSPS) is 13.3. The predicted octanol–water partition coefficient (Wildman–Crippen LogP) is 5.79. The fourth-order valence-electron chi connectivity index (χ4n) is 3.06. The van der Waals surface area contributed by atoms with Crippen molar-refractivity contribution in [1.29, 1.82) is 0 Å². The molecule has 1 atom stereocenters. The van der Waals surface area contributed by atoms with Crippen molar-refractivity contribution < 1.29 is 40.3 Å². The maximum Gasteiger partial charge on any atom is 0.417 e. The highest BCUT2D eigenvalue weighted by Crippen LogP contribution is 2.45. The molecule has 0 amide bonds. The van der Waals surface area contributed by atoms with Crippen LogP contribution in [0.25, 0.3) is 11.1 Å². The van der Waals surface area contributed by atoms with E-state index in [2.05, 4.69) is 0 Å². The highest BCUT2D eigenvalue weighted by atomic mass is 19.4. The molecule has 0 unspecified atom stereocenters. The Morgan fingerprint density at radius 3 is 2.07 bits per heavy atom. The van der Waals surface area contributed by atoms with Gasteiger partial charge in [-0.15, -0.1) is 0 Å². The summed E-state index contributed by atoms with van der Waals surface area (Å²) in [6.07, 6.45) is -10.7. The van der Waals surface area contributed by atoms with Gasteiger partial charge >= 0.3 is 18.3 Å². The number of carbonyl (C=O) groups is 1. The Bertz CT molecular complexity index is 904. The largest absolute Gasteiger partial charge is 0.466 e. The standard InChI is InChI=1S/C20H18F7NO2/c1-3-30-16(29)9-15(28)12-8-11(7-10(2)18(12)21)17-13(19(22,23)24)5-4-6-14(17)20(25,26)27/h4-8,15H,3,9,28H2,1-2H3/t15-/m0/s1. The van der Waals surface area contributed by atoms with Gasteiger partial charge in [-0.3, -0.25) is 4.79 Å². The van der Waals surface area contributed by atoms with Crippen molar-refractivity contribution in [3.63, 3.8) is 0 Å². The molecule has 0 saturated carbocycles. The molecule has 0 aliphatic carbocycles. The molecule has 0 aliphatic heterocycles. The van der Waals surface area contributed by atoms with Gasteiger partial charge in [0, 0.05) is 17.2 Å². The fourth-order valence-corrected chi connectivity index (χ4v) is 3.06. The lowest BCUT2D eigenvalue weighted by Crippen LogP contribution is -2.19. The third kappa shape index (κ3) is 5.10. The van der Waals surface area contributed by atoms with Crippen LogP contribution in [-0.2, 0) is 21.9 Å². The van der Waals surface area contributed by atoms with Gasteiger partial charge in [-0.2, -0.15) is 26.3 Å². The Morgan fingerprint density at radius 2 is 1.60 bits per heavy atom. The molecule has 0 bridgehead atoms. The van der Waals surface area contributed by atoms with Crippen LogP contribution in [0.3, 0.4) is 0 Å². The SMILES string of the molecule is CCOC(=O)C[C@H](N)c1cc(-c2c(C(F)(F)F)cccc2C(F)(F)F)cc(C)c1F. The molecule has 0 aliphatic rings. The second-order valence-corrected chi connectivity index (χ2v) is 6.54. The Balaban J connectivity index is 2.74. The zero-order valence-corrected chi connectivity index (χ0v) is 15.9. The van der Waals surface area contributed by atoms with Crippen LogP contribution in [0.5, 0.6) is 0 Å². The molecule has 2 aromatic carbocycles. The van der Waals surface area contributed by atoms with E-state index in [0.717, 1.165) is 12.1 Å². The van der Waals surface area contributed by atoms with Crippen LogP contribution in [0.1, 0.15) is 41.6 Å². The molecule has 0 fully saturated rings. The first-order chi connectivity index (χ1) is 13.8. The number of hydrogen-bond acceptors (Lipinski definition) is 3. The van der Waals surface area contributed by atoms with Gasteiger partial charge in [0.2, 0.25) is 0 Å². The molecule has 10 heteroatoms. The van der Waals surface area contributed by atoms with Gasteiger partial charge < -0.3 is 10.5 Å². The first kappa shape index (κ1) is 23.7. The third-order valence-corrected chi connectivity index (χ3v) is 4.34. The van der Waals surface area contributed by atoms with E-state index < -0.39 is 58.9 Å². The number of alkyl halides is 6.